The largest absolute Gasteiger partial charge is 0.432 e. The number of nitrogens with zero attached hydrogens (tertiary/aromatic N) is 1. The molecule has 1 aromatic heterocycles. The highest BCUT2D eigenvalue weighted by atomic mass is 16.4. The lowest BCUT2D eigenvalue weighted by Gasteiger charge is -2.04. The van der Waals surface area contributed by atoms with Crippen LogP contribution in [0.5, 0.6) is 0 Å². The van der Waals surface area contributed by atoms with E-state index in [1.54, 1.807) is 6.26 Å². The summed E-state index contributed by atoms with van der Waals surface area (Å²) in [6.45, 7) is 2.61. The van der Waals surface area contributed by atoms with Gasteiger partial charge in [0, 0.05) is 12.1 Å². The maximum Gasteiger partial charge on any atom is 0.299 e. The molecule has 0 radical (unpaired) electrons. The molecule has 1 heterocycles. The first-order chi connectivity index (χ1) is 7.79. The van der Waals surface area contributed by atoms with E-state index in [9.17, 15) is 0 Å². The Labute approximate surface area is 94.5 Å². The average Bonchev–Trinajstić information content (AvgIpc) is 2.70. The molecule has 0 aliphatic carbocycles. The van der Waals surface area contributed by atoms with Crippen molar-refractivity contribution >= 4 is 11.7 Å². The van der Waals surface area contributed by atoms with Crippen LogP contribution in [0.15, 0.2) is 34.9 Å². The van der Waals surface area contributed by atoms with Crippen molar-refractivity contribution in [3.05, 3.63) is 41.8 Å². The van der Waals surface area contributed by atoms with Gasteiger partial charge in [-0.3, -0.25) is 0 Å². The zero-order valence-electron chi connectivity index (χ0n) is 9.23. The van der Waals surface area contributed by atoms with Gasteiger partial charge in [0.2, 0.25) is 0 Å². The summed E-state index contributed by atoms with van der Waals surface area (Å²) in [7, 11) is 0. The summed E-state index contributed by atoms with van der Waals surface area (Å²) >= 11 is 0. The molecule has 3 N–H and O–H groups in total. The van der Waals surface area contributed by atoms with E-state index >= 15 is 0 Å². The van der Waals surface area contributed by atoms with Gasteiger partial charge in [-0.2, -0.15) is 4.98 Å². The van der Waals surface area contributed by atoms with Crippen molar-refractivity contribution in [2.75, 3.05) is 11.9 Å². The van der Waals surface area contributed by atoms with Crippen LogP contribution in [-0.2, 0) is 6.42 Å². The maximum absolute atomic E-state index is 5.44. The third kappa shape index (κ3) is 2.41. The second kappa shape index (κ2) is 4.81. The highest BCUT2D eigenvalue weighted by molar-refractivity contribution is 5.56. The Morgan fingerprint density at radius 1 is 1.38 bits per heavy atom. The van der Waals surface area contributed by atoms with E-state index in [4.69, 9.17) is 10.2 Å². The summed E-state index contributed by atoms with van der Waals surface area (Å²) in [5.41, 5.74) is 8.48. The lowest BCUT2D eigenvalue weighted by molar-refractivity contribution is 0.575. The van der Waals surface area contributed by atoms with Gasteiger partial charge in [0.05, 0.1) is 5.69 Å². The summed E-state index contributed by atoms with van der Waals surface area (Å²) < 4.78 is 5.30. The minimum Gasteiger partial charge on any atom is -0.432 e. The van der Waals surface area contributed by atoms with E-state index in [-0.39, 0.29) is 0 Å². The lowest BCUT2D eigenvalue weighted by atomic mass is 10.2. The third-order valence-corrected chi connectivity index (χ3v) is 2.34. The highest BCUT2D eigenvalue weighted by Gasteiger charge is 2.04. The Kier molecular flexibility index (Phi) is 3.22. The predicted molar refractivity (Wildman–Crippen MR) is 63.7 cm³/mol. The average molecular weight is 217 g/mol. The molecule has 0 saturated carbocycles. The number of rotatable bonds is 4. The van der Waals surface area contributed by atoms with Crippen LogP contribution in [0.4, 0.5) is 11.7 Å². The molecule has 0 fully saturated rings. The van der Waals surface area contributed by atoms with Crippen molar-refractivity contribution in [2.45, 2.75) is 13.3 Å². The fraction of sp³-hybridized carbons (Fsp3) is 0.250. The minimum atomic E-state index is 0.512. The molecular weight excluding hydrogens is 202 g/mol. The molecule has 2 rings (SSSR count). The van der Waals surface area contributed by atoms with Gasteiger partial charge < -0.3 is 15.5 Å². The van der Waals surface area contributed by atoms with Gasteiger partial charge in [0.15, 0.2) is 0 Å². The number of hydrogen-bond donors (Lipinski definition) is 2. The molecule has 4 heteroatoms. The predicted octanol–water partition coefficient (Wildman–Crippen LogP) is 2.23. The number of para-hydroxylation sites is 1. The number of nitrogens with one attached hydrogen (secondary N) is 1. The quantitative estimate of drug-likeness (QED) is 0.824. The van der Waals surface area contributed by atoms with Crippen molar-refractivity contribution in [2.24, 2.45) is 5.73 Å². The van der Waals surface area contributed by atoms with Gasteiger partial charge in [-0.1, -0.05) is 18.2 Å². The Morgan fingerprint density at radius 3 is 2.94 bits per heavy atom. The van der Waals surface area contributed by atoms with Crippen molar-refractivity contribution in [1.29, 1.82) is 0 Å². The number of aromatic nitrogens is 1. The standard InChI is InChI=1S/C12H15N3O/c1-9-4-2-3-5-11(9)15-12-14-10(6-7-13)8-16-12/h2-5,8H,6-7,13H2,1H3,(H,14,15). The van der Waals surface area contributed by atoms with E-state index in [0.29, 0.717) is 12.6 Å². The molecule has 0 bridgehead atoms. The highest BCUT2D eigenvalue weighted by Crippen LogP contribution is 2.19. The number of anilines is 2. The van der Waals surface area contributed by atoms with E-state index in [1.807, 2.05) is 31.2 Å². The SMILES string of the molecule is Cc1ccccc1Nc1nc(CCN)co1. The van der Waals surface area contributed by atoms with Crippen molar-refractivity contribution in [3.8, 4) is 0 Å². The third-order valence-electron chi connectivity index (χ3n) is 2.34. The first kappa shape index (κ1) is 10.7. The van der Waals surface area contributed by atoms with E-state index in [2.05, 4.69) is 10.3 Å². The van der Waals surface area contributed by atoms with Crippen LogP contribution < -0.4 is 11.1 Å². The van der Waals surface area contributed by atoms with E-state index < -0.39 is 0 Å². The molecular formula is C12H15N3O. The number of aryl methyl sites for hydroxylation is 1. The normalized spacial score (nSPS) is 10.4. The number of benzene rings is 1. The molecule has 4 nitrogen and oxygen atoms in total. The van der Waals surface area contributed by atoms with Gasteiger partial charge in [-0.15, -0.1) is 0 Å². The Morgan fingerprint density at radius 2 is 2.19 bits per heavy atom. The molecule has 0 amide bonds. The molecule has 16 heavy (non-hydrogen) atoms. The second-order valence-corrected chi connectivity index (χ2v) is 3.62. The van der Waals surface area contributed by atoms with Crippen molar-refractivity contribution < 1.29 is 4.42 Å². The van der Waals surface area contributed by atoms with Gasteiger partial charge in [0.25, 0.3) is 6.01 Å². The summed E-state index contributed by atoms with van der Waals surface area (Å²) in [6.07, 6.45) is 2.37. The van der Waals surface area contributed by atoms with Gasteiger partial charge in [-0.25, -0.2) is 0 Å². The van der Waals surface area contributed by atoms with Crippen LogP contribution in [0.3, 0.4) is 0 Å². The van der Waals surface area contributed by atoms with Crippen LogP contribution in [0, 0.1) is 6.92 Å². The summed E-state index contributed by atoms with van der Waals surface area (Å²) in [4.78, 5) is 4.28. The van der Waals surface area contributed by atoms with Crippen LogP contribution in [0.1, 0.15) is 11.3 Å². The molecule has 0 aliphatic rings. The number of nitrogens with two attached hydrogens (primary N) is 1. The molecule has 1 aromatic carbocycles. The van der Waals surface area contributed by atoms with Gasteiger partial charge in [-0.05, 0) is 25.1 Å². The lowest BCUT2D eigenvalue weighted by Crippen LogP contribution is -2.02. The van der Waals surface area contributed by atoms with Crippen LogP contribution in [0.25, 0.3) is 0 Å². The van der Waals surface area contributed by atoms with Crippen molar-refractivity contribution in [1.82, 2.24) is 4.98 Å². The monoisotopic (exact) mass is 217 g/mol. The first-order valence-corrected chi connectivity index (χ1v) is 5.26. The van der Waals surface area contributed by atoms with Crippen molar-refractivity contribution in [3.63, 3.8) is 0 Å². The summed E-state index contributed by atoms with van der Waals surface area (Å²) in [5, 5.41) is 3.13. The molecule has 0 aliphatic heterocycles. The van der Waals surface area contributed by atoms with Crippen LogP contribution in [-0.4, -0.2) is 11.5 Å². The Balaban J connectivity index is 2.11. The first-order valence-electron chi connectivity index (χ1n) is 5.26. The van der Waals surface area contributed by atoms with Crippen LogP contribution in [0.2, 0.25) is 0 Å². The number of hydrogen-bond acceptors (Lipinski definition) is 4. The zero-order valence-corrected chi connectivity index (χ0v) is 9.23. The number of oxazole rings is 1. The summed E-state index contributed by atoms with van der Waals surface area (Å²) in [6, 6.07) is 8.50. The Hall–Kier alpha value is -1.81. The molecule has 2 aromatic rings. The topological polar surface area (TPSA) is 64.1 Å². The minimum absolute atomic E-state index is 0.512. The smallest absolute Gasteiger partial charge is 0.299 e. The molecule has 0 saturated heterocycles. The van der Waals surface area contributed by atoms with E-state index in [1.165, 1.54) is 0 Å². The molecule has 0 unspecified atom stereocenters. The summed E-state index contributed by atoms with van der Waals surface area (Å²) in [5.74, 6) is 0. The second-order valence-electron chi connectivity index (χ2n) is 3.62. The fourth-order valence-electron chi connectivity index (χ4n) is 1.46. The van der Waals surface area contributed by atoms with Gasteiger partial charge in [0.1, 0.15) is 6.26 Å². The zero-order chi connectivity index (χ0) is 11.4. The maximum atomic E-state index is 5.44. The van der Waals surface area contributed by atoms with E-state index in [0.717, 1.165) is 23.4 Å². The van der Waals surface area contributed by atoms with Gasteiger partial charge >= 0.3 is 0 Å². The molecule has 0 atom stereocenters. The molecule has 84 valence electrons. The van der Waals surface area contributed by atoms with Crippen LogP contribution >= 0.6 is 0 Å². The molecule has 0 spiro atoms. The fourth-order valence-corrected chi connectivity index (χ4v) is 1.46. The Bertz CT molecular complexity index is 465.